The van der Waals surface area contributed by atoms with Crippen molar-refractivity contribution in [1.29, 1.82) is 0 Å². The van der Waals surface area contributed by atoms with Crippen molar-refractivity contribution in [3.63, 3.8) is 0 Å². The number of aromatic nitrogens is 1. The van der Waals surface area contributed by atoms with Crippen LogP contribution in [0.15, 0.2) is 66.0 Å². The van der Waals surface area contributed by atoms with E-state index in [1.54, 1.807) is 25.3 Å². The van der Waals surface area contributed by atoms with Gasteiger partial charge < -0.3 is 14.6 Å². The molecule has 0 fully saturated rings. The van der Waals surface area contributed by atoms with Crippen molar-refractivity contribution < 1.29 is 19.4 Å². The number of carbonyl (C=O) groups is 1. The Hall–Kier alpha value is -3.06. The van der Waals surface area contributed by atoms with Gasteiger partial charge >= 0.3 is 6.16 Å². The first-order valence-corrected chi connectivity index (χ1v) is 10.7. The van der Waals surface area contributed by atoms with Crippen LogP contribution in [0.4, 0.5) is 4.79 Å². The number of rotatable bonds is 5. The lowest BCUT2D eigenvalue weighted by molar-refractivity contribution is 0.144. The lowest BCUT2D eigenvalue weighted by Gasteiger charge is -2.11. The third-order valence-corrected chi connectivity index (χ3v) is 6.16. The van der Waals surface area contributed by atoms with Crippen LogP contribution >= 0.6 is 34.5 Å². The molecule has 0 aliphatic heterocycles. The SMILES string of the molecule is COc1cccc(-c2ccc(-c3nc(-c4ccc(Cl)c(Cl)c4)cs3)cc2OC(=O)O)c1. The fraction of sp³-hybridized carbons (Fsp3) is 0.0435. The van der Waals surface area contributed by atoms with Gasteiger partial charge in [0.25, 0.3) is 0 Å². The van der Waals surface area contributed by atoms with Crippen LogP contribution in [0.3, 0.4) is 0 Å². The van der Waals surface area contributed by atoms with Crippen LogP contribution in [0.1, 0.15) is 0 Å². The number of nitrogens with zero attached hydrogens (tertiary/aromatic N) is 1. The molecule has 5 nitrogen and oxygen atoms in total. The van der Waals surface area contributed by atoms with Crippen LogP contribution < -0.4 is 9.47 Å². The van der Waals surface area contributed by atoms with Crippen LogP contribution in [0.5, 0.6) is 11.5 Å². The summed E-state index contributed by atoms with van der Waals surface area (Å²) in [6.07, 6.45) is -1.39. The minimum absolute atomic E-state index is 0.213. The van der Waals surface area contributed by atoms with Gasteiger partial charge in [-0.15, -0.1) is 11.3 Å². The lowest BCUT2D eigenvalue weighted by atomic mass is 10.0. The molecule has 0 aliphatic carbocycles. The highest BCUT2D eigenvalue weighted by Crippen LogP contribution is 2.38. The van der Waals surface area contributed by atoms with Gasteiger partial charge in [-0.25, -0.2) is 9.78 Å². The summed E-state index contributed by atoms with van der Waals surface area (Å²) in [5.74, 6) is 0.874. The summed E-state index contributed by atoms with van der Waals surface area (Å²) in [6, 6.07) is 18.0. The Morgan fingerprint density at radius 3 is 2.52 bits per heavy atom. The van der Waals surface area contributed by atoms with E-state index in [9.17, 15) is 9.90 Å². The van der Waals surface area contributed by atoms with E-state index in [0.29, 0.717) is 26.4 Å². The van der Waals surface area contributed by atoms with Gasteiger partial charge in [0.1, 0.15) is 16.5 Å². The Morgan fingerprint density at radius 2 is 1.77 bits per heavy atom. The van der Waals surface area contributed by atoms with Crippen molar-refractivity contribution in [3.05, 3.63) is 76.1 Å². The number of thiazole rings is 1. The van der Waals surface area contributed by atoms with Gasteiger partial charge in [-0.2, -0.15) is 0 Å². The molecule has 1 aromatic heterocycles. The lowest BCUT2D eigenvalue weighted by Crippen LogP contribution is -2.04. The predicted molar refractivity (Wildman–Crippen MR) is 124 cm³/mol. The maximum atomic E-state index is 11.3. The Bertz CT molecular complexity index is 1270. The van der Waals surface area contributed by atoms with E-state index in [-0.39, 0.29) is 5.75 Å². The van der Waals surface area contributed by atoms with E-state index in [1.165, 1.54) is 11.3 Å². The van der Waals surface area contributed by atoms with Crippen LogP contribution in [-0.4, -0.2) is 23.4 Å². The molecule has 0 saturated heterocycles. The van der Waals surface area contributed by atoms with Gasteiger partial charge in [-0.1, -0.05) is 47.5 Å². The Morgan fingerprint density at radius 1 is 0.968 bits per heavy atom. The molecule has 4 rings (SSSR count). The molecule has 1 heterocycles. The predicted octanol–water partition coefficient (Wildman–Crippen LogP) is 7.52. The molecule has 8 heteroatoms. The van der Waals surface area contributed by atoms with Crippen molar-refractivity contribution in [2.75, 3.05) is 7.11 Å². The van der Waals surface area contributed by atoms with E-state index in [4.69, 9.17) is 32.7 Å². The number of hydrogen-bond donors (Lipinski definition) is 1. The Labute approximate surface area is 192 Å². The number of carboxylic acid groups (broad SMARTS) is 1. The van der Waals surface area contributed by atoms with E-state index in [0.717, 1.165) is 22.4 Å². The topological polar surface area (TPSA) is 68.7 Å². The second-order valence-corrected chi connectivity index (χ2v) is 8.15. The quantitative estimate of drug-likeness (QED) is 0.240. The molecule has 0 spiro atoms. The monoisotopic (exact) mass is 471 g/mol. The standard InChI is InChI=1S/C23H15Cl2NO4S/c1-29-16-4-2-3-13(9-16)17-7-5-15(11-21(17)30-23(27)28)22-26-20(12-31-22)14-6-8-18(24)19(25)10-14/h2-12H,1H3,(H,27,28). The molecular weight excluding hydrogens is 457 g/mol. The number of benzene rings is 3. The molecule has 156 valence electrons. The Kier molecular flexibility index (Phi) is 6.13. The Balaban J connectivity index is 1.73. The van der Waals surface area contributed by atoms with E-state index in [1.807, 2.05) is 47.8 Å². The summed E-state index contributed by atoms with van der Waals surface area (Å²) in [5, 5.41) is 12.8. The van der Waals surface area contributed by atoms with E-state index < -0.39 is 6.16 Å². The van der Waals surface area contributed by atoms with Crippen molar-refractivity contribution in [2.24, 2.45) is 0 Å². The van der Waals surface area contributed by atoms with E-state index >= 15 is 0 Å². The van der Waals surface area contributed by atoms with Gasteiger partial charge in [0.05, 0.1) is 22.8 Å². The third-order valence-electron chi connectivity index (χ3n) is 4.53. The zero-order valence-electron chi connectivity index (χ0n) is 16.1. The minimum Gasteiger partial charge on any atom is -0.497 e. The average Bonchev–Trinajstić information content (AvgIpc) is 3.25. The normalized spacial score (nSPS) is 10.7. The van der Waals surface area contributed by atoms with Gasteiger partial charge in [0.2, 0.25) is 0 Å². The van der Waals surface area contributed by atoms with Gasteiger partial charge in [0, 0.05) is 22.1 Å². The zero-order chi connectivity index (χ0) is 22.0. The molecule has 0 atom stereocenters. The van der Waals surface area contributed by atoms with E-state index in [2.05, 4.69) is 4.98 Å². The molecule has 0 amide bonds. The summed E-state index contributed by atoms with van der Waals surface area (Å²) in [7, 11) is 1.57. The number of methoxy groups -OCH3 is 1. The van der Waals surface area contributed by atoms with Crippen LogP contribution in [0.2, 0.25) is 10.0 Å². The smallest absolute Gasteiger partial charge is 0.497 e. The fourth-order valence-electron chi connectivity index (χ4n) is 3.06. The van der Waals surface area contributed by atoms with Crippen molar-refractivity contribution in [1.82, 2.24) is 4.98 Å². The maximum Gasteiger partial charge on any atom is 0.511 e. The molecule has 0 saturated carbocycles. The summed E-state index contributed by atoms with van der Waals surface area (Å²) >= 11 is 13.5. The van der Waals surface area contributed by atoms with Crippen molar-refractivity contribution in [2.45, 2.75) is 0 Å². The first-order valence-electron chi connectivity index (χ1n) is 9.05. The first-order chi connectivity index (χ1) is 14.9. The number of ether oxygens (including phenoxy) is 2. The summed E-state index contributed by atoms with van der Waals surface area (Å²) in [5.41, 5.74) is 3.73. The highest BCUT2D eigenvalue weighted by atomic mass is 35.5. The third kappa shape index (κ3) is 4.66. The molecule has 1 N–H and O–H groups in total. The van der Waals surface area contributed by atoms with Crippen LogP contribution in [0, 0.1) is 0 Å². The minimum atomic E-state index is -1.39. The van der Waals surface area contributed by atoms with Crippen LogP contribution in [-0.2, 0) is 0 Å². The number of hydrogen-bond acceptors (Lipinski definition) is 5. The molecular formula is C23H15Cl2NO4S. The maximum absolute atomic E-state index is 11.3. The molecule has 0 aliphatic rings. The molecule has 0 radical (unpaired) electrons. The molecule has 3 aromatic carbocycles. The van der Waals surface area contributed by atoms with Gasteiger partial charge in [-0.3, -0.25) is 0 Å². The fourth-order valence-corrected chi connectivity index (χ4v) is 4.18. The first kappa shape index (κ1) is 21.2. The van der Waals surface area contributed by atoms with Crippen molar-refractivity contribution >= 4 is 40.7 Å². The highest BCUT2D eigenvalue weighted by Gasteiger charge is 2.15. The van der Waals surface area contributed by atoms with Crippen LogP contribution in [0.25, 0.3) is 33.0 Å². The number of halogens is 2. The molecule has 0 unspecified atom stereocenters. The molecule has 4 aromatic rings. The molecule has 0 bridgehead atoms. The largest absolute Gasteiger partial charge is 0.511 e. The highest BCUT2D eigenvalue weighted by molar-refractivity contribution is 7.13. The summed E-state index contributed by atoms with van der Waals surface area (Å²) < 4.78 is 10.3. The zero-order valence-corrected chi connectivity index (χ0v) is 18.5. The molecule has 31 heavy (non-hydrogen) atoms. The van der Waals surface area contributed by atoms with Gasteiger partial charge in [0.15, 0.2) is 0 Å². The second-order valence-electron chi connectivity index (χ2n) is 6.48. The van der Waals surface area contributed by atoms with Crippen molar-refractivity contribution in [3.8, 4) is 44.5 Å². The second kappa shape index (κ2) is 8.98. The average molecular weight is 472 g/mol. The summed E-state index contributed by atoms with van der Waals surface area (Å²) in [4.78, 5) is 16.0. The van der Waals surface area contributed by atoms with Gasteiger partial charge in [-0.05, 0) is 42.0 Å². The summed E-state index contributed by atoms with van der Waals surface area (Å²) in [6.45, 7) is 0.